The van der Waals surface area contributed by atoms with Gasteiger partial charge < -0.3 is 10.6 Å². The van der Waals surface area contributed by atoms with Crippen LogP contribution in [-0.4, -0.2) is 24.0 Å². The summed E-state index contributed by atoms with van der Waals surface area (Å²) in [6, 6.07) is 17.4. The third kappa shape index (κ3) is 4.94. The number of rotatable bonds is 7. The minimum Gasteiger partial charge on any atom is -0.384 e. The highest BCUT2D eigenvalue weighted by atomic mass is 35.5. The summed E-state index contributed by atoms with van der Waals surface area (Å²) in [6.45, 7) is 1.42. The number of hydrogen-bond donors (Lipinski definition) is 2. The number of anilines is 1. The summed E-state index contributed by atoms with van der Waals surface area (Å²) in [5.74, 6) is 0.0511. The van der Waals surface area contributed by atoms with Crippen LogP contribution in [0, 0.1) is 0 Å². The Morgan fingerprint density at radius 2 is 1.88 bits per heavy atom. The van der Waals surface area contributed by atoms with Crippen molar-refractivity contribution < 1.29 is 4.79 Å². The summed E-state index contributed by atoms with van der Waals surface area (Å²) in [7, 11) is 0. The predicted octanol–water partition coefficient (Wildman–Crippen LogP) is 4.05. The molecule has 0 atom stereocenters. The molecule has 1 heterocycles. The molecule has 0 saturated carbocycles. The molecule has 4 nitrogen and oxygen atoms in total. The van der Waals surface area contributed by atoms with E-state index < -0.39 is 0 Å². The van der Waals surface area contributed by atoms with Crippen molar-refractivity contribution >= 4 is 34.1 Å². The van der Waals surface area contributed by atoms with Gasteiger partial charge in [-0.05, 0) is 36.2 Å². The van der Waals surface area contributed by atoms with Gasteiger partial charge in [0.1, 0.15) is 0 Å². The van der Waals surface area contributed by atoms with Crippen LogP contribution in [0.25, 0.3) is 10.9 Å². The lowest BCUT2D eigenvalue weighted by Gasteiger charge is -2.10. The maximum atomic E-state index is 11.9. The lowest BCUT2D eigenvalue weighted by molar-refractivity contribution is -0.120. The monoisotopic (exact) mass is 353 g/mol. The number of nitrogens with zero attached hydrogens (tertiary/aromatic N) is 1. The lowest BCUT2D eigenvalue weighted by Crippen LogP contribution is -2.27. The average molecular weight is 354 g/mol. The fourth-order valence-corrected chi connectivity index (χ4v) is 2.82. The first-order valence-electron chi connectivity index (χ1n) is 8.31. The number of nitrogens with one attached hydrogen (secondary N) is 2. The van der Waals surface area contributed by atoms with Crippen LogP contribution >= 0.6 is 11.6 Å². The van der Waals surface area contributed by atoms with Crippen LogP contribution in [0.5, 0.6) is 0 Å². The molecule has 0 bridgehead atoms. The van der Waals surface area contributed by atoms with Crippen molar-refractivity contribution in [2.75, 3.05) is 18.4 Å². The molecule has 128 valence electrons. The topological polar surface area (TPSA) is 54.0 Å². The van der Waals surface area contributed by atoms with Crippen molar-refractivity contribution in [2.24, 2.45) is 0 Å². The SMILES string of the molecule is O=C(Cc1ccccc1)NCCCNc1ccnc2cc(Cl)ccc12. The summed E-state index contributed by atoms with van der Waals surface area (Å²) in [5.41, 5.74) is 2.92. The van der Waals surface area contributed by atoms with E-state index in [2.05, 4.69) is 15.6 Å². The van der Waals surface area contributed by atoms with E-state index in [0.29, 0.717) is 18.0 Å². The maximum absolute atomic E-state index is 11.9. The molecule has 3 aromatic rings. The van der Waals surface area contributed by atoms with Crippen LogP contribution in [-0.2, 0) is 11.2 Å². The third-order valence-corrected chi connectivity index (χ3v) is 4.14. The largest absolute Gasteiger partial charge is 0.384 e. The minimum absolute atomic E-state index is 0.0511. The van der Waals surface area contributed by atoms with Gasteiger partial charge in [0, 0.05) is 35.4 Å². The molecule has 1 amide bonds. The Hall–Kier alpha value is -2.59. The second kappa shape index (κ2) is 8.49. The Labute approximate surface area is 152 Å². The molecule has 0 aliphatic heterocycles. The number of carbonyl (C=O) groups excluding carboxylic acids is 1. The molecular weight excluding hydrogens is 334 g/mol. The number of carbonyl (C=O) groups is 1. The Morgan fingerprint density at radius 1 is 1.04 bits per heavy atom. The first-order valence-corrected chi connectivity index (χ1v) is 8.69. The van der Waals surface area contributed by atoms with E-state index >= 15 is 0 Å². The molecule has 0 aliphatic rings. The van der Waals surface area contributed by atoms with Gasteiger partial charge in [-0.2, -0.15) is 0 Å². The van der Waals surface area contributed by atoms with Gasteiger partial charge in [-0.1, -0.05) is 41.9 Å². The van der Waals surface area contributed by atoms with E-state index in [4.69, 9.17) is 11.6 Å². The molecule has 25 heavy (non-hydrogen) atoms. The number of fused-ring (bicyclic) bond motifs is 1. The molecule has 0 radical (unpaired) electrons. The van der Waals surface area contributed by atoms with Crippen LogP contribution in [0.2, 0.25) is 5.02 Å². The second-order valence-electron chi connectivity index (χ2n) is 5.81. The smallest absolute Gasteiger partial charge is 0.224 e. The number of hydrogen-bond acceptors (Lipinski definition) is 3. The quantitative estimate of drug-likeness (QED) is 0.630. The van der Waals surface area contributed by atoms with Gasteiger partial charge in [0.25, 0.3) is 0 Å². The zero-order valence-electron chi connectivity index (χ0n) is 13.8. The highest BCUT2D eigenvalue weighted by molar-refractivity contribution is 6.31. The second-order valence-corrected chi connectivity index (χ2v) is 6.25. The summed E-state index contributed by atoms with van der Waals surface area (Å²) in [6.07, 6.45) is 3.03. The average Bonchev–Trinajstić information content (AvgIpc) is 2.62. The normalized spacial score (nSPS) is 10.6. The zero-order valence-corrected chi connectivity index (χ0v) is 14.6. The summed E-state index contributed by atoms with van der Waals surface area (Å²) >= 11 is 6.00. The number of pyridine rings is 1. The molecule has 3 rings (SSSR count). The molecule has 0 saturated heterocycles. The van der Waals surface area contributed by atoms with E-state index in [-0.39, 0.29) is 5.91 Å². The van der Waals surface area contributed by atoms with Crippen LogP contribution in [0.3, 0.4) is 0 Å². The Bertz CT molecular complexity index is 852. The van der Waals surface area contributed by atoms with Gasteiger partial charge in [-0.15, -0.1) is 0 Å². The van der Waals surface area contributed by atoms with Crippen LogP contribution in [0.4, 0.5) is 5.69 Å². The fourth-order valence-electron chi connectivity index (χ4n) is 2.66. The standard InChI is InChI=1S/C20H20ClN3O/c21-16-7-8-17-18(9-12-23-19(17)14-16)22-10-4-11-24-20(25)13-15-5-2-1-3-6-15/h1-3,5-9,12,14H,4,10-11,13H2,(H,22,23)(H,24,25). The summed E-state index contributed by atoms with van der Waals surface area (Å²) < 4.78 is 0. The van der Waals surface area contributed by atoms with Gasteiger partial charge in [0.2, 0.25) is 5.91 Å². The predicted molar refractivity (Wildman–Crippen MR) is 103 cm³/mol. The Morgan fingerprint density at radius 3 is 2.72 bits per heavy atom. The minimum atomic E-state index is 0.0511. The lowest BCUT2D eigenvalue weighted by atomic mass is 10.1. The molecule has 2 aromatic carbocycles. The fraction of sp³-hybridized carbons (Fsp3) is 0.200. The van der Waals surface area contributed by atoms with Crippen molar-refractivity contribution in [3.05, 3.63) is 71.4 Å². The molecule has 5 heteroatoms. The van der Waals surface area contributed by atoms with Crippen molar-refractivity contribution in [1.82, 2.24) is 10.3 Å². The summed E-state index contributed by atoms with van der Waals surface area (Å²) in [4.78, 5) is 16.2. The molecule has 0 spiro atoms. The highest BCUT2D eigenvalue weighted by Crippen LogP contribution is 2.24. The van der Waals surface area contributed by atoms with Crippen LogP contribution in [0.15, 0.2) is 60.8 Å². The van der Waals surface area contributed by atoms with Gasteiger partial charge >= 0.3 is 0 Å². The van der Waals surface area contributed by atoms with E-state index in [0.717, 1.165) is 35.1 Å². The first kappa shape index (κ1) is 17.2. The van der Waals surface area contributed by atoms with Gasteiger partial charge in [-0.25, -0.2) is 0 Å². The molecule has 0 unspecified atom stereocenters. The van der Waals surface area contributed by atoms with Gasteiger partial charge in [0.05, 0.1) is 11.9 Å². The highest BCUT2D eigenvalue weighted by Gasteiger charge is 2.04. The zero-order chi connectivity index (χ0) is 17.5. The van der Waals surface area contributed by atoms with Gasteiger partial charge in [-0.3, -0.25) is 9.78 Å². The Balaban J connectivity index is 1.44. The van der Waals surface area contributed by atoms with Crippen LogP contribution < -0.4 is 10.6 Å². The van der Waals surface area contributed by atoms with E-state index in [1.807, 2.05) is 54.6 Å². The van der Waals surface area contributed by atoms with Crippen molar-refractivity contribution in [1.29, 1.82) is 0 Å². The van der Waals surface area contributed by atoms with Crippen molar-refractivity contribution in [3.8, 4) is 0 Å². The van der Waals surface area contributed by atoms with E-state index in [1.54, 1.807) is 6.20 Å². The van der Waals surface area contributed by atoms with Crippen molar-refractivity contribution in [3.63, 3.8) is 0 Å². The maximum Gasteiger partial charge on any atom is 0.224 e. The van der Waals surface area contributed by atoms with E-state index in [9.17, 15) is 4.79 Å². The molecule has 0 aliphatic carbocycles. The number of halogens is 1. The summed E-state index contributed by atoms with van der Waals surface area (Å²) in [5, 5.41) is 8.07. The number of amides is 1. The number of benzene rings is 2. The molecule has 1 aromatic heterocycles. The van der Waals surface area contributed by atoms with E-state index in [1.165, 1.54) is 0 Å². The third-order valence-electron chi connectivity index (χ3n) is 3.90. The van der Waals surface area contributed by atoms with Crippen LogP contribution in [0.1, 0.15) is 12.0 Å². The number of aromatic nitrogens is 1. The first-order chi connectivity index (χ1) is 12.2. The van der Waals surface area contributed by atoms with Gasteiger partial charge in [0.15, 0.2) is 0 Å². The van der Waals surface area contributed by atoms with Crippen molar-refractivity contribution in [2.45, 2.75) is 12.8 Å². The molecule has 2 N–H and O–H groups in total. The Kier molecular flexibility index (Phi) is 5.86. The molecular formula is C20H20ClN3O. The molecule has 0 fully saturated rings.